The first-order valence-electron chi connectivity index (χ1n) is 11.0. The van der Waals surface area contributed by atoms with Gasteiger partial charge in [-0.2, -0.15) is 0 Å². The number of nitrogens with zero attached hydrogens (tertiary/aromatic N) is 3. The maximum Gasteiger partial charge on any atom is 0.295 e. The molecule has 2 aromatic rings. The highest BCUT2D eigenvalue weighted by atomic mass is 35.5. The van der Waals surface area contributed by atoms with E-state index in [0.29, 0.717) is 42.3 Å². The normalized spacial score (nSPS) is 20.6. The van der Waals surface area contributed by atoms with Crippen molar-refractivity contribution in [2.45, 2.75) is 12.5 Å². The Balaban J connectivity index is 1.68. The minimum absolute atomic E-state index is 0.0486. The Morgan fingerprint density at radius 3 is 2.32 bits per heavy atom. The molecule has 4 rings (SSSR count). The molecular formula is C24H24ClN3O6. The molecule has 0 aliphatic carbocycles. The van der Waals surface area contributed by atoms with Crippen LogP contribution in [-0.2, 0) is 14.3 Å². The minimum Gasteiger partial charge on any atom is -0.507 e. The lowest BCUT2D eigenvalue weighted by Crippen LogP contribution is -2.38. The van der Waals surface area contributed by atoms with Crippen LogP contribution in [-0.4, -0.2) is 70.9 Å². The highest BCUT2D eigenvalue weighted by Crippen LogP contribution is 2.40. The number of aliphatic hydroxyl groups is 1. The molecule has 9 nitrogen and oxygen atoms in total. The average molecular weight is 486 g/mol. The van der Waals surface area contributed by atoms with Crippen LogP contribution in [0.3, 0.4) is 0 Å². The summed E-state index contributed by atoms with van der Waals surface area (Å²) in [6.07, 6.45) is 0.623. The fourth-order valence-corrected chi connectivity index (χ4v) is 4.41. The SMILES string of the molecule is O=C1C(=O)N(CCCN2CCOCC2)[C@H](c2ccc([N+](=O)[O-])cc2)/C1=C(\O)c1ccc(Cl)cc1. The number of ketones is 1. The molecule has 34 heavy (non-hydrogen) atoms. The van der Waals surface area contributed by atoms with Gasteiger partial charge in [-0.15, -0.1) is 0 Å². The van der Waals surface area contributed by atoms with E-state index < -0.39 is 22.7 Å². The predicted molar refractivity (Wildman–Crippen MR) is 125 cm³/mol. The first-order chi connectivity index (χ1) is 16.4. The number of nitro benzene ring substituents is 1. The lowest BCUT2D eigenvalue weighted by atomic mass is 9.95. The second kappa shape index (κ2) is 10.3. The maximum atomic E-state index is 13.1. The van der Waals surface area contributed by atoms with Crippen molar-refractivity contribution < 1.29 is 24.4 Å². The highest BCUT2D eigenvalue weighted by molar-refractivity contribution is 6.46. The molecule has 10 heteroatoms. The molecule has 2 aliphatic rings. The fraction of sp³-hybridized carbons (Fsp3) is 0.333. The molecule has 0 aromatic heterocycles. The first-order valence-corrected chi connectivity index (χ1v) is 11.3. The Bertz CT molecular complexity index is 1110. The van der Waals surface area contributed by atoms with E-state index in [1.807, 2.05) is 0 Å². The molecule has 1 amide bonds. The molecule has 0 saturated carbocycles. The lowest BCUT2D eigenvalue weighted by molar-refractivity contribution is -0.384. The molecule has 2 heterocycles. The van der Waals surface area contributed by atoms with Gasteiger partial charge in [0.1, 0.15) is 5.76 Å². The third kappa shape index (κ3) is 4.96. The zero-order valence-electron chi connectivity index (χ0n) is 18.4. The number of likely N-dealkylation sites (tertiary alicyclic amines) is 1. The molecule has 178 valence electrons. The minimum atomic E-state index is -0.860. The van der Waals surface area contributed by atoms with Gasteiger partial charge in [-0.25, -0.2) is 0 Å². The molecule has 2 aromatic carbocycles. The van der Waals surface area contributed by atoms with Crippen molar-refractivity contribution in [2.24, 2.45) is 0 Å². The number of morpholine rings is 1. The van der Waals surface area contributed by atoms with Gasteiger partial charge in [-0.3, -0.25) is 24.6 Å². The number of aliphatic hydroxyl groups excluding tert-OH is 1. The van der Waals surface area contributed by atoms with E-state index >= 15 is 0 Å². The Hall–Kier alpha value is -3.27. The monoisotopic (exact) mass is 485 g/mol. The topological polar surface area (TPSA) is 113 Å². The number of Topliss-reactive ketones (excluding diaryl/α,β-unsaturated/α-hetero) is 1. The van der Waals surface area contributed by atoms with Gasteiger partial charge < -0.3 is 14.7 Å². The Morgan fingerprint density at radius 2 is 1.71 bits per heavy atom. The van der Waals surface area contributed by atoms with Crippen molar-refractivity contribution in [2.75, 3.05) is 39.4 Å². The highest BCUT2D eigenvalue weighted by Gasteiger charge is 2.45. The number of amides is 1. The number of non-ortho nitro benzene ring substituents is 1. The molecular weight excluding hydrogens is 462 g/mol. The standard InChI is InChI=1S/C24H24ClN3O6/c25-18-6-2-17(3-7-18)22(29)20-21(16-4-8-19(9-5-16)28(32)33)27(24(31)23(20)30)11-1-10-26-12-14-34-15-13-26/h2-9,21,29H,1,10-15H2/b22-20+/t21-/m1/s1. The summed E-state index contributed by atoms with van der Waals surface area (Å²) in [4.78, 5) is 40.3. The largest absolute Gasteiger partial charge is 0.507 e. The van der Waals surface area contributed by atoms with E-state index in [0.717, 1.165) is 19.6 Å². The molecule has 0 radical (unpaired) electrons. The Labute approximate surface area is 201 Å². The number of benzene rings is 2. The fourth-order valence-electron chi connectivity index (χ4n) is 4.29. The van der Waals surface area contributed by atoms with Gasteiger partial charge in [0, 0.05) is 48.9 Å². The number of hydrogen-bond donors (Lipinski definition) is 1. The summed E-state index contributed by atoms with van der Waals surface area (Å²) in [5.41, 5.74) is 0.701. The van der Waals surface area contributed by atoms with E-state index in [-0.39, 0.29) is 17.0 Å². The van der Waals surface area contributed by atoms with E-state index in [1.165, 1.54) is 29.2 Å². The first kappa shape index (κ1) is 23.9. The zero-order chi connectivity index (χ0) is 24.2. The zero-order valence-corrected chi connectivity index (χ0v) is 19.1. The third-order valence-corrected chi connectivity index (χ3v) is 6.31. The van der Waals surface area contributed by atoms with Crippen molar-refractivity contribution in [1.29, 1.82) is 0 Å². The smallest absolute Gasteiger partial charge is 0.295 e. The number of nitro groups is 1. The molecule has 2 saturated heterocycles. The van der Waals surface area contributed by atoms with E-state index in [9.17, 15) is 24.8 Å². The van der Waals surface area contributed by atoms with Crippen LogP contribution in [0.2, 0.25) is 5.02 Å². The molecule has 1 N–H and O–H groups in total. The Morgan fingerprint density at radius 1 is 1.06 bits per heavy atom. The number of rotatable bonds is 7. The molecule has 0 bridgehead atoms. The van der Waals surface area contributed by atoms with Crippen LogP contribution >= 0.6 is 11.6 Å². The van der Waals surface area contributed by atoms with Crippen LogP contribution in [0.1, 0.15) is 23.6 Å². The number of carbonyl (C=O) groups is 2. The van der Waals surface area contributed by atoms with Gasteiger partial charge in [-0.1, -0.05) is 11.6 Å². The second-order valence-corrected chi connectivity index (χ2v) is 8.59. The van der Waals surface area contributed by atoms with Crippen molar-refractivity contribution in [3.63, 3.8) is 0 Å². The Kier molecular flexibility index (Phi) is 7.26. The van der Waals surface area contributed by atoms with Crippen LogP contribution in [0.25, 0.3) is 5.76 Å². The predicted octanol–water partition coefficient (Wildman–Crippen LogP) is 3.39. The molecule has 2 fully saturated rings. The molecule has 2 aliphatic heterocycles. The van der Waals surface area contributed by atoms with Gasteiger partial charge in [0.15, 0.2) is 0 Å². The van der Waals surface area contributed by atoms with Gasteiger partial charge >= 0.3 is 0 Å². The van der Waals surface area contributed by atoms with E-state index in [4.69, 9.17) is 16.3 Å². The quantitative estimate of drug-likeness (QED) is 0.210. The van der Waals surface area contributed by atoms with Crippen molar-refractivity contribution >= 4 is 34.7 Å². The van der Waals surface area contributed by atoms with Gasteiger partial charge in [0.25, 0.3) is 17.4 Å². The molecule has 1 atom stereocenters. The summed E-state index contributed by atoms with van der Waals surface area (Å²) in [6.45, 7) is 3.96. The van der Waals surface area contributed by atoms with Crippen LogP contribution < -0.4 is 0 Å². The summed E-state index contributed by atoms with van der Waals surface area (Å²) < 4.78 is 5.36. The van der Waals surface area contributed by atoms with Gasteiger partial charge in [0.05, 0.1) is 29.8 Å². The maximum absolute atomic E-state index is 13.1. The van der Waals surface area contributed by atoms with Crippen LogP contribution in [0.4, 0.5) is 5.69 Å². The average Bonchev–Trinajstić information content (AvgIpc) is 3.10. The molecule has 0 unspecified atom stereocenters. The van der Waals surface area contributed by atoms with Crippen molar-refractivity contribution in [1.82, 2.24) is 9.80 Å². The van der Waals surface area contributed by atoms with Gasteiger partial charge in [-0.05, 0) is 48.4 Å². The summed E-state index contributed by atoms with van der Waals surface area (Å²) in [7, 11) is 0. The number of hydrogen-bond acceptors (Lipinski definition) is 7. The number of ether oxygens (including phenoxy) is 1. The van der Waals surface area contributed by atoms with Gasteiger partial charge in [0.2, 0.25) is 0 Å². The summed E-state index contributed by atoms with van der Waals surface area (Å²) >= 11 is 5.94. The van der Waals surface area contributed by atoms with Crippen LogP contribution in [0, 0.1) is 10.1 Å². The van der Waals surface area contributed by atoms with E-state index in [2.05, 4.69) is 4.90 Å². The van der Waals surface area contributed by atoms with Crippen LogP contribution in [0.5, 0.6) is 0 Å². The summed E-state index contributed by atoms with van der Waals surface area (Å²) in [6, 6.07) is 11.1. The number of carbonyl (C=O) groups excluding carboxylic acids is 2. The van der Waals surface area contributed by atoms with Crippen molar-refractivity contribution in [3.05, 3.63) is 80.4 Å². The molecule has 0 spiro atoms. The summed E-state index contributed by atoms with van der Waals surface area (Å²) in [5.74, 6) is -1.81. The van der Waals surface area contributed by atoms with E-state index in [1.54, 1.807) is 24.3 Å². The lowest BCUT2D eigenvalue weighted by Gasteiger charge is -2.29. The summed E-state index contributed by atoms with van der Waals surface area (Å²) in [5, 5.41) is 22.6. The third-order valence-electron chi connectivity index (χ3n) is 6.05. The van der Waals surface area contributed by atoms with Crippen LogP contribution in [0.15, 0.2) is 54.1 Å². The van der Waals surface area contributed by atoms with Crippen molar-refractivity contribution in [3.8, 4) is 0 Å². The second-order valence-electron chi connectivity index (χ2n) is 8.16. The number of halogens is 1.